The first kappa shape index (κ1) is 14.3. The molecule has 1 N–H and O–H groups in total. The van der Waals surface area contributed by atoms with Crippen molar-refractivity contribution in [1.82, 2.24) is 10.3 Å². The van der Waals surface area contributed by atoms with Crippen LogP contribution in [0.4, 0.5) is 0 Å². The summed E-state index contributed by atoms with van der Waals surface area (Å²) in [6.07, 6.45) is 2.74. The summed E-state index contributed by atoms with van der Waals surface area (Å²) in [5.74, 6) is 1.65. The van der Waals surface area contributed by atoms with E-state index >= 15 is 0 Å². The summed E-state index contributed by atoms with van der Waals surface area (Å²) < 4.78 is 10.6. The molecule has 4 heteroatoms. The van der Waals surface area contributed by atoms with Gasteiger partial charge in [-0.25, -0.2) is 0 Å². The van der Waals surface area contributed by atoms with Gasteiger partial charge < -0.3 is 14.8 Å². The highest BCUT2D eigenvalue weighted by Crippen LogP contribution is 2.24. The molecule has 0 amide bonds. The van der Waals surface area contributed by atoms with Crippen molar-refractivity contribution in [3.05, 3.63) is 53.9 Å². The highest BCUT2D eigenvalue weighted by molar-refractivity contribution is 5.40. The van der Waals surface area contributed by atoms with E-state index in [0.717, 1.165) is 42.3 Å². The molecular formula is C16H20N2O2. The Bertz CT molecular complexity index is 529. The number of methoxy groups -OCH3 is 2. The van der Waals surface area contributed by atoms with Crippen LogP contribution in [0.5, 0.6) is 11.5 Å². The van der Waals surface area contributed by atoms with Crippen molar-refractivity contribution in [1.29, 1.82) is 0 Å². The quantitative estimate of drug-likeness (QED) is 0.786. The van der Waals surface area contributed by atoms with Crippen LogP contribution in [0.1, 0.15) is 11.3 Å². The van der Waals surface area contributed by atoms with Crippen LogP contribution >= 0.6 is 0 Å². The topological polar surface area (TPSA) is 43.4 Å². The van der Waals surface area contributed by atoms with Gasteiger partial charge in [-0.2, -0.15) is 0 Å². The number of ether oxygens (including phenoxy) is 2. The molecule has 0 spiro atoms. The molecule has 0 aliphatic heterocycles. The zero-order valence-electron chi connectivity index (χ0n) is 11.9. The lowest BCUT2D eigenvalue weighted by molar-refractivity contribution is 0.390. The standard InChI is InChI=1S/C16H20N2O2/c1-19-15-7-6-13(16(11-15)20-2)12-17-10-8-14-5-3-4-9-18-14/h3-7,9,11,17H,8,10,12H2,1-2H3. The summed E-state index contributed by atoms with van der Waals surface area (Å²) in [6, 6.07) is 11.8. The van der Waals surface area contributed by atoms with Gasteiger partial charge in [0.2, 0.25) is 0 Å². The molecule has 106 valence electrons. The zero-order valence-corrected chi connectivity index (χ0v) is 11.9. The average molecular weight is 272 g/mol. The summed E-state index contributed by atoms with van der Waals surface area (Å²) in [7, 11) is 3.33. The van der Waals surface area contributed by atoms with E-state index in [4.69, 9.17) is 9.47 Å². The van der Waals surface area contributed by atoms with Gasteiger partial charge in [-0.15, -0.1) is 0 Å². The Hall–Kier alpha value is -2.07. The van der Waals surface area contributed by atoms with Gasteiger partial charge in [-0.3, -0.25) is 4.98 Å². The molecular weight excluding hydrogens is 252 g/mol. The van der Waals surface area contributed by atoms with Crippen LogP contribution in [-0.2, 0) is 13.0 Å². The molecule has 0 aliphatic carbocycles. The van der Waals surface area contributed by atoms with Crippen LogP contribution in [0.2, 0.25) is 0 Å². The minimum absolute atomic E-state index is 0.764. The first-order valence-corrected chi connectivity index (χ1v) is 6.65. The second-order valence-corrected chi connectivity index (χ2v) is 4.43. The molecule has 20 heavy (non-hydrogen) atoms. The molecule has 0 saturated heterocycles. The van der Waals surface area contributed by atoms with Gasteiger partial charge in [0.05, 0.1) is 14.2 Å². The van der Waals surface area contributed by atoms with E-state index in [1.807, 2.05) is 42.6 Å². The molecule has 2 rings (SSSR count). The lowest BCUT2D eigenvalue weighted by Crippen LogP contribution is -2.17. The summed E-state index contributed by atoms with van der Waals surface area (Å²) in [5, 5.41) is 3.40. The summed E-state index contributed by atoms with van der Waals surface area (Å²) in [4.78, 5) is 4.30. The van der Waals surface area contributed by atoms with Crippen molar-refractivity contribution < 1.29 is 9.47 Å². The van der Waals surface area contributed by atoms with Gasteiger partial charge >= 0.3 is 0 Å². The molecule has 4 nitrogen and oxygen atoms in total. The second kappa shape index (κ2) is 7.50. The normalized spacial score (nSPS) is 10.3. The van der Waals surface area contributed by atoms with Gasteiger partial charge in [0.1, 0.15) is 11.5 Å². The predicted molar refractivity (Wildman–Crippen MR) is 79.2 cm³/mol. The Kier molecular flexibility index (Phi) is 5.38. The number of hydrogen-bond donors (Lipinski definition) is 1. The van der Waals surface area contributed by atoms with Crippen LogP contribution < -0.4 is 14.8 Å². The van der Waals surface area contributed by atoms with Gasteiger partial charge in [0.15, 0.2) is 0 Å². The third-order valence-electron chi connectivity index (χ3n) is 3.09. The van der Waals surface area contributed by atoms with Crippen molar-refractivity contribution in [2.75, 3.05) is 20.8 Å². The Labute approximate surface area is 119 Å². The third kappa shape index (κ3) is 3.96. The van der Waals surface area contributed by atoms with Gasteiger partial charge in [0, 0.05) is 43.0 Å². The Morgan fingerprint density at radius 2 is 2.00 bits per heavy atom. The molecule has 0 atom stereocenters. The van der Waals surface area contributed by atoms with Gasteiger partial charge in [-0.1, -0.05) is 12.1 Å². The average Bonchev–Trinajstić information content (AvgIpc) is 2.52. The number of benzene rings is 1. The fourth-order valence-corrected chi connectivity index (χ4v) is 1.98. The monoisotopic (exact) mass is 272 g/mol. The minimum Gasteiger partial charge on any atom is -0.497 e. The van der Waals surface area contributed by atoms with Crippen LogP contribution in [0.15, 0.2) is 42.6 Å². The molecule has 2 aromatic rings. The predicted octanol–water partition coefficient (Wildman–Crippen LogP) is 2.43. The third-order valence-corrected chi connectivity index (χ3v) is 3.09. The molecule has 0 bridgehead atoms. The maximum absolute atomic E-state index is 5.37. The Morgan fingerprint density at radius 1 is 1.10 bits per heavy atom. The zero-order chi connectivity index (χ0) is 14.2. The number of rotatable bonds is 7. The number of aromatic nitrogens is 1. The Balaban J connectivity index is 1.85. The molecule has 0 fully saturated rings. The van der Waals surface area contributed by atoms with Crippen LogP contribution in [-0.4, -0.2) is 25.7 Å². The number of pyridine rings is 1. The molecule has 1 heterocycles. The molecule has 1 aromatic carbocycles. The first-order chi connectivity index (χ1) is 9.83. The SMILES string of the molecule is COc1ccc(CNCCc2ccccn2)c(OC)c1. The van der Waals surface area contributed by atoms with Crippen LogP contribution in [0.3, 0.4) is 0 Å². The Morgan fingerprint density at radius 3 is 2.70 bits per heavy atom. The molecule has 0 aliphatic rings. The van der Waals surface area contributed by atoms with E-state index in [0.29, 0.717) is 0 Å². The van der Waals surface area contributed by atoms with E-state index in [2.05, 4.69) is 10.3 Å². The van der Waals surface area contributed by atoms with E-state index < -0.39 is 0 Å². The number of nitrogens with zero attached hydrogens (tertiary/aromatic N) is 1. The molecule has 0 radical (unpaired) electrons. The highest BCUT2D eigenvalue weighted by Gasteiger charge is 2.04. The second-order valence-electron chi connectivity index (χ2n) is 4.43. The summed E-state index contributed by atoms with van der Waals surface area (Å²) in [6.45, 7) is 1.65. The smallest absolute Gasteiger partial charge is 0.127 e. The van der Waals surface area contributed by atoms with Crippen molar-refractivity contribution in [3.8, 4) is 11.5 Å². The largest absolute Gasteiger partial charge is 0.497 e. The van der Waals surface area contributed by atoms with E-state index in [9.17, 15) is 0 Å². The maximum Gasteiger partial charge on any atom is 0.127 e. The summed E-state index contributed by atoms with van der Waals surface area (Å²) >= 11 is 0. The van der Waals surface area contributed by atoms with E-state index in [-0.39, 0.29) is 0 Å². The van der Waals surface area contributed by atoms with Crippen molar-refractivity contribution in [2.45, 2.75) is 13.0 Å². The van der Waals surface area contributed by atoms with Gasteiger partial charge in [0.25, 0.3) is 0 Å². The lowest BCUT2D eigenvalue weighted by Gasteiger charge is -2.11. The van der Waals surface area contributed by atoms with Crippen molar-refractivity contribution in [2.24, 2.45) is 0 Å². The van der Waals surface area contributed by atoms with Crippen LogP contribution in [0, 0.1) is 0 Å². The summed E-state index contributed by atoms with van der Waals surface area (Å²) in [5.41, 5.74) is 2.22. The van der Waals surface area contributed by atoms with Crippen molar-refractivity contribution >= 4 is 0 Å². The van der Waals surface area contributed by atoms with E-state index in [1.165, 1.54) is 0 Å². The fraction of sp³-hybridized carbons (Fsp3) is 0.312. The number of hydrogen-bond acceptors (Lipinski definition) is 4. The molecule has 0 saturated carbocycles. The van der Waals surface area contributed by atoms with Crippen LogP contribution in [0.25, 0.3) is 0 Å². The fourth-order valence-electron chi connectivity index (χ4n) is 1.98. The maximum atomic E-state index is 5.37. The van der Waals surface area contributed by atoms with Gasteiger partial charge in [-0.05, 0) is 18.2 Å². The van der Waals surface area contributed by atoms with E-state index in [1.54, 1.807) is 14.2 Å². The highest BCUT2D eigenvalue weighted by atomic mass is 16.5. The first-order valence-electron chi connectivity index (χ1n) is 6.65. The lowest BCUT2D eigenvalue weighted by atomic mass is 10.2. The molecule has 1 aromatic heterocycles. The number of nitrogens with one attached hydrogen (secondary N) is 1. The van der Waals surface area contributed by atoms with Crippen molar-refractivity contribution in [3.63, 3.8) is 0 Å². The minimum atomic E-state index is 0.764. The molecule has 0 unspecified atom stereocenters.